The van der Waals surface area contributed by atoms with Gasteiger partial charge in [-0.2, -0.15) is 0 Å². The van der Waals surface area contributed by atoms with Crippen LogP contribution in [0.25, 0.3) is 11.4 Å². The lowest BCUT2D eigenvalue weighted by Crippen LogP contribution is -1.97. The summed E-state index contributed by atoms with van der Waals surface area (Å²) in [6, 6.07) is 12.5. The summed E-state index contributed by atoms with van der Waals surface area (Å²) in [5.41, 5.74) is 1.60. The Hall–Kier alpha value is -3.07. The molecule has 1 heterocycles. The molecule has 8 nitrogen and oxygen atoms in total. The second kappa shape index (κ2) is 8.09. The summed E-state index contributed by atoms with van der Waals surface area (Å²) in [5.74, 6) is 2.17. The average Bonchev–Trinajstić information content (AvgIpc) is 3.06. The van der Waals surface area contributed by atoms with Crippen molar-refractivity contribution in [3.63, 3.8) is 0 Å². The van der Waals surface area contributed by atoms with Gasteiger partial charge in [0.15, 0.2) is 16.7 Å². The third kappa shape index (κ3) is 3.87. The normalized spacial score (nSPS) is 10.6. The number of hydrogen-bond donors (Lipinski definition) is 0. The van der Waals surface area contributed by atoms with Crippen molar-refractivity contribution in [2.45, 2.75) is 10.9 Å². The van der Waals surface area contributed by atoms with Crippen LogP contribution in [-0.4, -0.2) is 33.9 Å². The summed E-state index contributed by atoms with van der Waals surface area (Å²) in [5, 5.41) is 20.4. The minimum atomic E-state index is -0.449. The topological polar surface area (TPSA) is 92.3 Å². The van der Waals surface area contributed by atoms with Crippen molar-refractivity contribution in [1.29, 1.82) is 0 Å². The molecule has 0 saturated carbocycles. The van der Waals surface area contributed by atoms with Crippen molar-refractivity contribution in [2.24, 2.45) is 7.05 Å². The average molecular weight is 386 g/mol. The molecule has 0 radical (unpaired) electrons. The lowest BCUT2D eigenvalue weighted by Gasteiger charge is -2.08. The Kier molecular flexibility index (Phi) is 5.60. The van der Waals surface area contributed by atoms with Crippen molar-refractivity contribution in [1.82, 2.24) is 14.8 Å². The number of methoxy groups -OCH3 is 2. The van der Waals surface area contributed by atoms with Crippen LogP contribution in [0.4, 0.5) is 5.69 Å². The molecule has 0 unspecified atom stereocenters. The quantitative estimate of drug-likeness (QED) is 0.347. The third-order valence-electron chi connectivity index (χ3n) is 3.99. The first-order valence-electron chi connectivity index (χ1n) is 8.02. The van der Waals surface area contributed by atoms with Gasteiger partial charge in [-0.3, -0.25) is 10.1 Å². The Morgan fingerprint density at radius 3 is 2.56 bits per heavy atom. The minimum Gasteiger partial charge on any atom is -0.496 e. The van der Waals surface area contributed by atoms with E-state index in [2.05, 4.69) is 10.2 Å². The van der Waals surface area contributed by atoms with Crippen LogP contribution in [0, 0.1) is 10.1 Å². The first-order chi connectivity index (χ1) is 13.0. The summed E-state index contributed by atoms with van der Waals surface area (Å²) in [7, 11) is 4.90. The van der Waals surface area contributed by atoms with Crippen molar-refractivity contribution in [3.05, 3.63) is 58.1 Å². The molecule has 0 aliphatic rings. The van der Waals surface area contributed by atoms with E-state index >= 15 is 0 Å². The molecule has 0 saturated heterocycles. The van der Waals surface area contributed by atoms with E-state index in [9.17, 15) is 10.1 Å². The Morgan fingerprint density at radius 1 is 1.11 bits per heavy atom. The molecule has 0 amide bonds. The fourth-order valence-electron chi connectivity index (χ4n) is 2.62. The smallest absolute Gasteiger partial charge is 0.311 e. The number of benzene rings is 2. The van der Waals surface area contributed by atoms with Gasteiger partial charge >= 0.3 is 5.69 Å². The molecule has 9 heteroatoms. The standard InChI is InChI=1S/C18H18N4O4S/c1-21-17(13-6-4-5-7-15(13)25-2)19-20-18(21)27-11-12-8-9-16(26-3)14(10-12)22(23)24/h4-10H,11H2,1-3H3. The van der Waals surface area contributed by atoms with Crippen molar-refractivity contribution in [2.75, 3.05) is 14.2 Å². The van der Waals surface area contributed by atoms with Gasteiger partial charge in [0.1, 0.15) is 5.75 Å². The summed E-state index contributed by atoms with van der Waals surface area (Å²) >= 11 is 1.45. The van der Waals surface area contributed by atoms with E-state index in [4.69, 9.17) is 9.47 Å². The molecule has 3 aromatic rings. The molecule has 0 aliphatic heterocycles. The summed E-state index contributed by atoms with van der Waals surface area (Å²) in [6.45, 7) is 0. The van der Waals surface area contributed by atoms with Gasteiger partial charge in [0.05, 0.1) is 24.7 Å². The second-order valence-electron chi connectivity index (χ2n) is 5.62. The molecule has 0 fully saturated rings. The maximum absolute atomic E-state index is 11.2. The Morgan fingerprint density at radius 2 is 1.85 bits per heavy atom. The van der Waals surface area contributed by atoms with E-state index in [-0.39, 0.29) is 11.4 Å². The lowest BCUT2D eigenvalue weighted by atomic mass is 10.2. The molecule has 1 aromatic heterocycles. The second-order valence-corrected chi connectivity index (χ2v) is 6.56. The van der Waals surface area contributed by atoms with Gasteiger partial charge in [-0.25, -0.2) is 0 Å². The first kappa shape index (κ1) is 18.7. The molecule has 0 aliphatic carbocycles. The summed E-state index contributed by atoms with van der Waals surface area (Å²) < 4.78 is 12.3. The first-order valence-corrected chi connectivity index (χ1v) is 9.00. The van der Waals surface area contributed by atoms with Gasteiger partial charge in [-0.15, -0.1) is 10.2 Å². The SMILES string of the molecule is COc1ccccc1-c1nnc(SCc2ccc(OC)c([N+](=O)[O-])c2)n1C. The predicted octanol–water partition coefficient (Wildman–Crippen LogP) is 3.70. The fourth-order valence-corrected chi connectivity index (χ4v) is 3.47. The highest BCUT2D eigenvalue weighted by Gasteiger charge is 2.17. The number of para-hydroxylation sites is 1. The minimum absolute atomic E-state index is 0.0525. The van der Waals surface area contributed by atoms with E-state index in [1.165, 1.54) is 24.9 Å². The molecular weight excluding hydrogens is 368 g/mol. The zero-order valence-corrected chi connectivity index (χ0v) is 15.9. The molecule has 140 valence electrons. The highest BCUT2D eigenvalue weighted by molar-refractivity contribution is 7.98. The highest BCUT2D eigenvalue weighted by atomic mass is 32.2. The van der Waals surface area contributed by atoms with Gasteiger partial charge < -0.3 is 14.0 Å². The number of nitrogens with zero attached hydrogens (tertiary/aromatic N) is 4. The lowest BCUT2D eigenvalue weighted by molar-refractivity contribution is -0.385. The van der Waals surface area contributed by atoms with E-state index in [1.807, 2.05) is 35.9 Å². The van der Waals surface area contributed by atoms with Crippen LogP contribution < -0.4 is 9.47 Å². The van der Waals surface area contributed by atoms with Crippen LogP contribution in [0.15, 0.2) is 47.6 Å². The van der Waals surface area contributed by atoms with E-state index in [1.54, 1.807) is 19.2 Å². The molecule has 0 N–H and O–H groups in total. The van der Waals surface area contributed by atoms with Crippen molar-refractivity contribution in [3.8, 4) is 22.9 Å². The molecule has 0 bridgehead atoms. The van der Waals surface area contributed by atoms with E-state index in [0.717, 1.165) is 16.9 Å². The van der Waals surface area contributed by atoms with Crippen LogP contribution >= 0.6 is 11.8 Å². The molecule has 27 heavy (non-hydrogen) atoms. The maximum Gasteiger partial charge on any atom is 0.311 e. The monoisotopic (exact) mass is 386 g/mol. The molecular formula is C18H18N4O4S. The van der Waals surface area contributed by atoms with Gasteiger partial charge in [0, 0.05) is 18.9 Å². The number of nitro benzene ring substituents is 1. The van der Waals surface area contributed by atoms with Gasteiger partial charge in [-0.1, -0.05) is 30.0 Å². The van der Waals surface area contributed by atoms with Crippen LogP contribution in [0.1, 0.15) is 5.56 Å². The Labute approximate surface area is 160 Å². The van der Waals surface area contributed by atoms with Gasteiger partial charge in [-0.05, 0) is 23.8 Å². The number of hydrogen-bond acceptors (Lipinski definition) is 7. The fraction of sp³-hybridized carbons (Fsp3) is 0.222. The van der Waals surface area contributed by atoms with Crippen LogP contribution in [0.3, 0.4) is 0 Å². The summed E-state index contributed by atoms with van der Waals surface area (Å²) in [6.07, 6.45) is 0. The highest BCUT2D eigenvalue weighted by Crippen LogP contribution is 2.32. The van der Waals surface area contributed by atoms with Crippen LogP contribution in [0.2, 0.25) is 0 Å². The van der Waals surface area contributed by atoms with Gasteiger partial charge in [0.2, 0.25) is 0 Å². The number of rotatable bonds is 7. The number of aromatic nitrogens is 3. The number of ether oxygens (including phenoxy) is 2. The Balaban J connectivity index is 1.81. The van der Waals surface area contributed by atoms with Crippen LogP contribution in [0.5, 0.6) is 11.5 Å². The van der Waals surface area contributed by atoms with E-state index < -0.39 is 4.92 Å². The zero-order valence-electron chi connectivity index (χ0n) is 15.1. The third-order valence-corrected chi connectivity index (χ3v) is 5.08. The maximum atomic E-state index is 11.2. The molecule has 0 spiro atoms. The molecule has 2 aromatic carbocycles. The molecule has 0 atom stereocenters. The van der Waals surface area contributed by atoms with E-state index in [0.29, 0.717) is 16.7 Å². The van der Waals surface area contributed by atoms with Crippen molar-refractivity contribution < 1.29 is 14.4 Å². The molecule has 3 rings (SSSR count). The van der Waals surface area contributed by atoms with Crippen LogP contribution in [-0.2, 0) is 12.8 Å². The largest absolute Gasteiger partial charge is 0.496 e. The predicted molar refractivity (Wildman–Crippen MR) is 102 cm³/mol. The Bertz CT molecular complexity index is 974. The van der Waals surface area contributed by atoms with Crippen molar-refractivity contribution >= 4 is 17.4 Å². The summed E-state index contributed by atoms with van der Waals surface area (Å²) in [4.78, 5) is 10.7. The number of nitro groups is 1. The number of thioether (sulfide) groups is 1. The zero-order chi connectivity index (χ0) is 19.4. The van der Waals surface area contributed by atoms with Gasteiger partial charge in [0.25, 0.3) is 0 Å².